The number of anilines is 2. The first-order valence-corrected chi connectivity index (χ1v) is 9.19. The van der Waals surface area contributed by atoms with Gasteiger partial charge in [-0.25, -0.2) is 0 Å². The highest BCUT2D eigenvalue weighted by atomic mass is 16.5. The highest BCUT2D eigenvalue weighted by Crippen LogP contribution is 2.34. The zero-order chi connectivity index (χ0) is 17.2. The van der Waals surface area contributed by atoms with Gasteiger partial charge in [0.15, 0.2) is 0 Å². The molecule has 1 aromatic rings. The predicted molar refractivity (Wildman–Crippen MR) is 99.8 cm³/mol. The SMILES string of the molecule is COC1CCN(CCN=C2Nc3cc4c(cc3N([O-])N2)CCC4)CC1. The van der Waals surface area contributed by atoms with Crippen LogP contribution in [-0.2, 0) is 17.6 Å². The maximum absolute atomic E-state index is 12.3. The van der Waals surface area contributed by atoms with Gasteiger partial charge in [-0.15, -0.1) is 0 Å². The first-order valence-electron chi connectivity index (χ1n) is 9.19. The highest BCUT2D eigenvalue weighted by Gasteiger charge is 2.21. The van der Waals surface area contributed by atoms with Gasteiger partial charge in [-0.1, -0.05) is 0 Å². The number of guanidine groups is 1. The first kappa shape index (κ1) is 16.6. The molecule has 1 fully saturated rings. The van der Waals surface area contributed by atoms with Crippen molar-refractivity contribution in [2.24, 2.45) is 4.99 Å². The quantitative estimate of drug-likeness (QED) is 0.869. The van der Waals surface area contributed by atoms with Gasteiger partial charge >= 0.3 is 0 Å². The Morgan fingerprint density at radius 2 is 2.00 bits per heavy atom. The monoisotopic (exact) mass is 344 g/mol. The third-order valence-corrected chi connectivity index (χ3v) is 5.44. The van der Waals surface area contributed by atoms with Crippen molar-refractivity contribution in [1.82, 2.24) is 10.3 Å². The van der Waals surface area contributed by atoms with Crippen LogP contribution >= 0.6 is 0 Å². The molecule has 1 aliphatic carbocycles. The molecule has 0 atom stereocenters. The van der Waals surface area contributed by atoms with E-state index in [1.165, 1.54) is 17.5 Å². The van der Waals surface area contributed by atoms with Crippen LogP contribution in [0, 0.1) is 5.21 Å². The van der Waals surface area contributed by atoms with E-state index in [9.17, 15) is 5.21 Å². The molecular weight excluding hydrogens is 318 g/mol. The Bertz CT molecular complexity index is 655. The number of aliphatic imine (C=N–C) groups is 1. The molecule has 136 valence electrons. The molecule has 0 radical (unpaired) electrons. The summed E-state index contributed by atoms with van der Waals surface area (Å²) in [4.78, 5) is 6.94. The standard InChI is InChI=1S/C18H26N5O2/c1-25-15-5-8-22(9-6-15)10-7-19-18-20-16-11-13-3-2-4-14(13)12-17(16)23(24)21-18/h11-12,15H,2-10H2,1H3,(H2,19,20,21)/q-1. The fourth-order valence-corrected chi connectivity index (χ4v) is 3.94. The second-order valence-corrected chi connectivity index (χ2v) is 7.03. The van der Waals surface area contributed by atoms with Gasteiger partial charge in [0.25, 0.3) is 0 Å². The number of rotatable bonds is 4. The van der Waals surface area contributed by atoms with Gasteiger partial charge in [0.05, 0.1) is 24.0 Å². The number of aryl methyl sites for hydroxylation is 2. The highest BCUT2D eigenvalue weighted by molar-refractivity contribution is 6.01. The second-order valence-electron chi connectivity index (χ2n) is 7.03. The van der Waals surface area contributed by atoms with Gasteiger partial charge in [-0.3, -0.25) is 10.4 Å². The molecular formula is C18H26N5O2-. The Morgan fingerprint density at radius 1 is 1.24 bits per heavy atom. The number of piperidine rings is 1. The number of hydrazine groups is 1. The third-order valence-electron chi connectivity index (χ3n) is 5.44. The summed E-state index contributed by atoms with van der Waals surface area (Å²) >= 11 is 0. The lowest BCUT2D eigenvalue weighted by Gasteiger charge is -2.38. The summed E-state index contributed by atoms with van der Waals surface area (Å²) < 4.78 is 5.40. The van der Waals surface area contributed by atoms with E-state index in [-0.39, 0.29) is 0 Å². The fraction of sp³-hybridized carbons (Fsp3) is 0.611. The summed E-state index contributed by atoms with van der Waals surface area (Å²) in [6.07, 6.45) is 5.90. The van der Waals surface area contributed by atoms with E-state index in [4.69, 9.17) is 4.74 Å². The molecule has 1 saturated heterocycles. The van der Waals surface area contributed by atoms with Crippen LogP contribution in [0.5, 0.6) is 0 Å². The van der Waals surface area contributed by atoms with Crippen LogP contribution in [0.1, 0.15) is 30.4 Å². The van der Waals surface area contributed by atoms with Gasteiger partial charge in [0.2, 0.25) is 5.96 Å². The fourth-order valence-electron chi connectivity index (χ4n) is 3.94. The molecule has 0 bridgehead atoms. The van der Waals surface area contributed by atoms with Crippen molar-refractivity contribution in [1.29, 1.82) is 0 Å². The Kier molecular flexibility index (Phi) is 4.78. The van der Waals surface area contributed by atoms with Crippen LogP contribution < -0.4 is 15.9 Å². The zero-order valence-corrected chi connectivity index (χ0v) is 14.8. The van der Waals surface area contributed by atoms with E-state index in [0.717, 1.165) is 56.2 Å². The van der Waals surface area contributed by atoms with Gasteiger partial charge in [0, 0.05) is 26.7 Å². The minimum absolute atomic E-state index is 0.400. The van der Waals surface area contributed by atoms with Crippen molar-refractivity contribution in [3.05, 3.63) is 28.5 Å². The number of nitrogens with zero attached hydrogens (tertiary/aromatic N) is 3. The molecule has 7 heteroatoms. The molecule has 3 aliphatic rings. The van der Waals surface area contributed by atoms with Crippen molar-refractivity contribution in [3.63, 3.8) is 0 Å². The Morgan fingerprint density at radius 3 is 2.76 bits per heavy atom. The molecule has 0 aromatic heterocycles. The number of benzene rings is 1. The number of likely N-dealkylation sites (tertiary alicyclic amines) is 1. The zero-order valence-electron chi connectivity index (χ0n) is 14.8. The number of hydrogen-bond donors (Lipinski definition) is 2. The summed E-state index contributed by atoms with van der Waals surface area (Å²) in [5.74, 6) is 0.534. The van der Waals surface area contributed by atoms with Crippen LogP contribution in [0.4, 0.5) is 11.4 Å². The predicted octanol–water partition coefficient (Wildman–Crippen LogP) is 1.88. The number of fused-ring (bicyclic) bond motifs is 2. The second kappa shape index (κ2) is 7.19. The lowest BCUT2D eigenvalue weighted by molar-refractivity contribution is 0.0421. The molecule has 25 heavy (non-hydrogen) atoms. The molecule has 0 unspecified atom stereocenters. The molecule has 1 aromatic carbocycles. The van der Waals surface area contributed by atoms with Crippen molar-refractivity contribution in [2.75, 3.05) is 43.8 Å². The van der Waals surface area contributed by atoms with Crippen LogP contribution in [0.3, 0.4) is 0 Å². The van der Waals surface area contributed by atoms with Crippen LogP contribution in [0.15, 0.2) is 17.1 Å². The van der Waals surface area contributed by atoms with Crippen molar-refractivity contribution in [3.8, 4) is 0 Å². The molecule has 0 spiro atoms. The molecule has 0 saturated carbocycles. The summed E-state index contributed by atoms with van der Waals surface area (Å²) in [5.41, 5.74) is 6.95. The Balaban J connectivity index is 1.35. The number of hydrogen-bond acceptors (Lipinski definition) is 5. The Hall–Kier alpha value is -1.83. The number of ether oxygens (including phenoxy) is 1. The van der Waals surface area contributed by atoms with Gasteiger partial charge in [-0.2, -0.15) is 0 Å². The van der Waals surface area contributed by atoms with E-state index in [1.807, 2.05) is 6.07 Å². The summed E-state index contributed by atoms with van der Waals surface area (Å²) in [6, 6.07) is 4.11. The van der Waals surface area contributed by atoms with E-state index in [2.05, 4.69) is 26.7 Å². The number of nitrogens with one attached hydrogen (secondary N) is 2. The molecule has 0 amide bonds. The van der Waals surface area contributed by atoms with Crippen molar-refractivity contribution in [2.45, 2.75) is 38.2 Å². The average molecular weight is 344 g/mol. The lowest BCUT2D eigenvalue weighted by Crippen LogP contribution is -2.46. The van der Waals surface area contributed by atoms with Crippen molar-refractivity contribution >= 4 is 17.3 Å². The molecule has 2 N–H and O–H groups in total. The smallest absolute Gasteiger partial charge is 0.214 e. The summed E-state index contributed by atoms with van der Waals surface area (Å²) in [6.45, 7) is 3.67. The summed E-state index contributed by atoms with van der Waals surface area (Å²) in [7, 11) is 1.79. The van der Waals surface area contributed by atoms with Crippen LogP contribution in [0.25, 0.3) is 0 Å². The van der Waals surface area contributed by atoms with E-state index >= 15 is 0 Å². The topological polar surface area (TPSA) is 75.2 Å². The third kappa shape index (κ3) is 3.58. The maximum Gasteiger partial charge on any atom is 0.214 e. The Labute approximate surface area is 148 Å². The molecule has 7 nitrogen and oxygen atoms in total. The maximum atomic E-state index is 12.3. The first-order chi connectivity index (χ1) is 12.2. The van der Waals surface area contributed by atoms with Crippen LogP contribution in [-0.4, -0.2) is 50.3 Å². The van der Waals surface area contributed by atoms with Gasteiger partial charge in [0.1, 0.15) is 0 Å². The largest absolute Gasteiger partial charge is 0.739 e. The summed E-state index contributed by atoms with van der Waals surface area (Å²) in [5, 5.41) is 16.4. The lowest BCUT2D eigenvalue weighted by atomic mass is 10.1. The van der Waals surface area contributed by atoms with Gasteiger partial charge in [-0.05, 0) is 55.4 Å². The molecule has 4 rings (SSSR count). The normalized spacial score (nSPS) is 22.5. The average Bonchev–Trinajstić information content (AvgIpc) is 3.08. The molecule has 2 aliphatic heterocycles. The number of methoxy groups -OCH3 is 1. The van der Waals surface area contributed by atoms with Crippen molar-refractivity contribution < 1.29 is 4.74 Å². The van der Waals surface area contributed by atoms with E-state index < -0.39 is 0 Å². The van der Waals surface area contributed by atoms with E-state index in [0.29, 0.717) is 24.3 Å². The van der Waals surface area contributed by atoms with E-state index in [1.54, 1.807) is 7.11 Å². The minimum atomic E-state index is 0.400. The molecule has 2 heterocycles. The van der Waals surface area contributed by atoms with Gasteiger partial charge < -0.3 is 25.3 Å². The minimum Gasteiger partial charge on any atom is -0.739 e. The van der Waals surface area contributed by atoms with Crippen LogP contribution in [0.2, 0.25) is 0 Å².